The minimum absolute atomic E-state index is 0.305. The predicted octanol–water partition coefficient (Wildman–Crippen LogP) is 2.77. The average molecular weight is 297 g/mol. The minimum Gasteiger partial charge on any atom is -0.382 e. The molecule has 4 nitrogen and oxygen atoms in total. The fourth-order valence-corrected chi connectivity index (χ4v) is 3.15. The van der Waals surface area contributed by atoms with Crippen LogP contribution in [-0.4, -0.2) is 33.4 Å². The summed E-state index contributed by atoms with van der Waals surface area (Å²) in [5, 5.41) is 3.48. The summed E-state index contributed by atoms with van der Waals surface area (Å²) in [6.45, 7) is 4.88. The highest BCUT2D eigenvalue weighted by Crippen LogP contribution is 2.25. The van der Waals surface area contributed by atoms with Gasteiger partial charge in [0, 0.05) is 24.6 Å². The van der Waals surface area contributed by atoms with Gasteiger partial charge >= 0.3 is 0 Å². The lowest BCUT2D eigenvalue weighted by Gasteiger charge is -2.30. The second-order valence-corrected chi connectivity index (χ2v) is 7.53. The van der Waals surface area contributed by atoms with Crippen LogP contribution in [-0.2, 0) is 14.6 Å². The molecule has 1 heterocycles. The van der Waals surface area contributed by atoms with E-state index in [-0.39, 0.29) is 0 Å². The molecule has 1 aromatic carbocycles. The van der Waals surface area contributed by atoms with Crippen LogP contribution in [0.15, 0.2) is 23.1 Å². The molecule has 112 valence electrons. The van der Waals surface area contributed by atoms with Crippen LogP contribution in [0, 0.1) is 6.92 Å². The summed E-state index contributed by atoms with van der Waals surface area (Å²) < 4.78 is 28.9. The highest BCUT2D eigenvalue weighted by atomic mass is 32.2. The summed E-state index contributed by atoms with van der Waals surface area (Å²) in [6, 6.07) is 5.60. The molecular formula is C15H23NO3S. The normalized spacial score (nSPS) is 23.6. The number of ether oxygens (including phenoxy) is 1. The van der Waals surface area contributed by atoms with Gasteiger partial charge in [-0.05, 0) is 43.9 Å². The third kappa shape index (κ3) is 3.73. The van der Waals surface area contributed by atoms with E-state index < -0.39 is 9.84 Å². The average Bonchev–Trinajstić information content (AvgIpc) is 2.40. The third-order valence-electron chi connectivity index (χ3n) is 3.82. The second kappa shape index (κ2) is 6.14. The number of benzene rings is 1. The summed E-state index contributed by atoms with van der Waals surface area (Å²) in [5.74, 6) is 0. The first-order valence-electron chi connectivity index (χ1n) is 7.09. The second-order valence-electron chi connectivity index (χ2n) is 5.52. The monoisotopic (exact) mass is 297 g/mol. The van der Waals surface area contributed by atoms with Crippen molar-refractivity contribution in [2.24, 2.45) is 0 Å². The third-order valence-corrected chi connectivity index (χ3v) is 4.93. The zero-order chi connectivity index (χ0) is 14.8. The van der Waals surface area contributed by atoms with Crippen molar-refractivity contribution >= 4 is 15.5 Å². The quantitative estimate of drug-likeness (QED) is 0.928. The minimum atomic E-state index is -3.16. The smallest absolute Gasteiger partial charge is 0.175 e. The Balaban J connectivity index is 2.16. The number of aryl methyl sites for hydroxylation is 1. The molecule has 0 amide bonds. The molecule has 1 aromatic rings. The molecule has 20 heavy (non-hydrogen) atoms. The van der Waals surface area contributed by atoms with Crippen LogP contribution >= 0.6 is 0 Å². The Labute approximate surface area is 121 Å². The first-order chi connectivity index (χ1) is 9.40. The van der Waals surface area contributed by atoms with Crippen LogP contribution in [0.4, 0.5) is 5.69 Å². The van der Waals surface area contributed by atoms with E-state index in [1.807, 2.05) is 13.0 Å². The number of rotatable bonds is 4. The molecule has 2 rings (SSSR count). The van der Waals surface area contributed by atoms with Crippen molar-refractivity contribution in [2.75, 3.05) is 18.2 Å². The molecule has 1 aliphatic rings. The molecule has 0 aromatic heterocycles. The number of anilines is 1. The van der Waals surface area contributed by atoms with E-state index in [0.717, 1.165) is 37.1 Å². The Morgan fingerprint density at radius 1 is 1.40 bits per heavy atom. The van der Waals surface area contributed by atoms with Crippen molar-refractivity contribution in [3.05, 3.63) is 23.8 Å². The molecule has 1 saturated heterocycles. The maximum atomic E-state index is 11.6. The van der Waals surface area contributed by atoms with Crippen LogP contribution in [0.5, 0.6) is 0 Å². The molecule has 0 radical (unpaired) electrons. The number of hydrogen-bond acceptors (Lipinski definition) is 4. The number of sulfone groups is 1. The van der Waals surface area contributed by atoms with E-state index in [9.17, 15) is 8.42 Å². The fourth-order valence-electron chi connectivity index (χ4n) is 2.50. The van der Waals surface area contributed by atoms with Crippen molar-refractivity contribution < 1.29 is 13.2 Å². The first kappa shape index (κ1) is 15.3. The summed E-state index contributed by atoms with van der Waals surface area (Å²) >= 11 is 0. The van der Waals surface area contributed by atoms with Gasteiger partial charge in [-0.3, -0.25) is 0 Å². The molecule has 2 atom stereocenters. The number of hydrogen-bond donors (Lipinski definition) is 1. The van der Waals surface area contributed by atoms with Crippen LogP contribution in [0.1, 0.15) is 31.7 Å². The van der Waals surface area contributed by atoms with Gasteiger partial charge in [0.1, 0.15) is 0 Å². The lowest BCUT2D eigenvalue weighted by molar-refractivity contribution is 0.00924. The molecule has 0 saturated carbocycles. The summed E-state index contributed by atoms with van der Waals surface area (Å²) in [6.07, 6.45) is 4.49. The van der Waals surface area contributed by atoms with Gasteiger partial charge in [-0.1, -0.05) is 13.0 Å². The summed E-state index contributed by atoms with van der Waals surface area (Å²) in [7, 11) is -3.16. The van der Waals surface area contributed by atoms with Gasteiger partial charge in [0.15, 0.2) is 9.84 Å². The predicted molar refractivity (Wildman–Crippen MR) is 81.0 cm³/mol. The van der Waals surface area contributed by atoms with Crippen molar-refractivity contribution in [3.8, 4) is 0 Å². The Kier molecular flexibility index (Phi) is 4.70. The zero-order valence-corrected chi connectivity index (χ0v) is 13.2. The van der Waals surface area contributed by atoms with Crippen molar-refractivity contribution in [1.29, 1.82) is 0 Å². The lowest BCUT2D eigenvalue weighted by atomic mass is 10.0. The van der Waals surface area contributed by atoms with E-state index in [0.29, 0.717) is 17.0 Å². The van der Waals surface area contributed by atoms with Crippen LogP contribution in [0.25, 0.3) is 0 Å². The van der Waals surface area contributed by atoms with Gasteiger partial charge in [-0.15, -0.1) is 0 Å². The highest BCUT2D eigenvalue weighted by Gasteiger charge is 2.21. The molecule has 1 fully saturated rings. The van der Waals surface area contributed by atoms with E-state index in [4.69, 9.17) is 4.74 Å². The van der Waals surface area contributed by atoms with Crippen molar-refractivity contribution in [2.45, 2.75) is 50.2 Å². The maximum Gasteiger partial charge on any atom is 0.175 e. The van der Waals surface area contributed by atoms with Crippen molar-refractivity contribution in [3.63, 3.8) is 0 Å². The standard InChI is InChI=1S/C15H23NO3S/c1-4-13-9-12(7-8-19-13)16-15-10-14(20(3,17)18)6-5-11(15)2/h5-6,10,12-13,16H,4,7-9H2,1-3H3. The van der Waals surface area contributed by atoms with E-state index in [1.165, 1.54) is 6.26 Å². The molecule has 5 heteroatoms. The largest absolute Gasteiger partial charge is 0.382 e. The van der Waals surface area contributed by atoms with E-state index in [1.54, 1.807) is 12.1 Å². The SMILES string of the molecule is CCC1CC(Nc2cc(S(C)(=O)=O)ccc2C)CCO1. The van der Waals surface area contributed by atoms with Gasteiger partial charge in [0.2, 0.25) is 0 Å². The molecule has 0 spiro atoms. The van der Waals surface area contributed by atoms with E-state index in [2.05, 4.69) is 12.2 Å². The first-order valence-corrected chi connectivity index (χ1v) is 8.98. The van der Waals surface area contributed by atoms with Gasteiger partial charge in [-0.2, -0.15) is 0 Å². The molecule has 1 N–H and O–H groups in total. The van der Waals surface area contributed by atoms with Crippen LogP contribution < -0.4 is 5.32 Å². The van der Waals surface area contributed by atoms with Crippen molar-refractivity contribution in [1.82, 2.24) is 0 Å². The zero-order valence-electron chi connectivity index (χ0n) is 12.3. The fraction of sp³-hybridized carbons (Fsp3) is 0.600. The summed E-state index contributed by atoms with van der Waals surface area (Å²) in [4.78, 5) is 0.365. The molecule has 0 bridgehead atoms. The van der Waals surface area contributed by atoms with Gasteiger partial charge in [-0.25, -0.2) is 8.42 Å². The Morgan fingerprint density at radius 2 is 2.15 bits per heavy atom. The molecule has 2 unspecified atom stereocenters. The molecular weight excluding hydrogens is 274 g/mol. The van der Waals surface area contributed by atoms with Gasteiger partial charge in [0.05, 0.1) is 11.0 Å². The van der Waals surface area contributed by atoms with E-state index >= 15 is 0 Å². The summed E-state index contributed by atoms with van der Waals surface area (Å²) in [5.41, 5.74) is 1.98. The Bertz CT molecular complexity index is 568. The topological polar surface area (TPSA) is 55.4 Å². The Morgan fingerprint density at radius 3 is 2.80 bits per heavy atom. The maximum absolute atomic E-state index is 11.6. The van der Waals surface area contributed by atoms with Gasteiger partial charge < -0.3 is 10.1 Å². The Hall–Kier alpha value is -1.07. The molecule has 1 aliphatic heterocycles. The molecule has 0 aliphatic carbocycles. The number of nitrogens with one attached hydrogen (secondary N) is 1. The van der Waals surface area contributed by atoms with Crippen LogP contribution in [0.3, 0.4) is 0 Å². The lowest BCUT2D eigenvalue weighted by Crippen LogP contribution is -2.33. The van der Waals surface area contributed by atoms with Crippen LogP contribution in [0.2, 0.25) is 0 Å². The highest BCUT2D eigenvalue weighted by molar-refractivity contribution is 7.90. The van der Waals surface area contributed by atoms with Gasteiger partial charge in [0.25, 0.3) is 0 Å².